The Morgan fingerprint density at radius 3 is 2.38 bits per heavy atom. The Labute approximate surface area is 197 Å². The van der Waals surface area contributed by atoms with Crippen molar-refractivity contribution in [3.05, 3.63) is 59.7 Å². The van der Waals surface area contributed by atoms with Gasteiger partial charge in [-0.05, 0) is 49.2 Å². The number of alkyl halides is 3. The van der Waals surface area contributed by atoms with Gasteiger partial charge in [0.15, 0.2) is 0 Å². The molecular weight excluding hydrogens is 470 g/mol. The first kappa shape index (κ1) is 22.9. The van der Waals surface area contributed by atoms with Gasteiger partial charge in [0.25, 0.3) is 0 Å². The summed E-state index contributed by atoms with van der Waals surface area (Å²) in [4.78, 5) is 16.0. The highest BCUT2D eigenvalue weighted by molar-refractivity contribution is 8.00. The molecule has 1 aromatic carbocycles. The second-order valence-corrected chi connectivity index (χ2v) is 9.70. The number of rotatable bonds is 5. The molecule has 0 bridgehead atoms. The number of thioether (sulfide) groups is 1. The number of hydrogen-bond acceptors (Lipinski definition) is 7. The molecule has 0 atom stereocenters. The van der Waals surface area contributed by atoms with E-state index >= 15 is 0 Å². The van der Waals surface area contributed by atoms with E-state index in [1.54, 1.807) is 18.2 Å². The molecule has 0 radical (unpaired) electrons. The normalized spacial score (nSPS) is 17.6. The van der Waals surface area contributed by atoms with E-state index in [9.17, 15) is 17.6 Å². The monoisotopic (exact) mass is 491 g/mol. The predicted molar refractivity (Wildman–Crippen MR) is 121 cm³/mol. The van der Waals surface area contributed by atoms with Gasteiger partial charge in [-0.3, -0.25) is 0 Å². The highest BCUT2D eigenvalue weighted by Crippen LogP contribution is 2.59. The summed E-state index contributed by atoms with van der Waals surface area (Å²) >= 11 is 1.53. The molecule has 2 fully saturated rings. The van der Waals surface area contributed by atoms with Crippen molar-refractivity contribution in [2.75, 3.05) is 36.9 Å². The van der Waals surface area contributed by atoms with E-state index in [1.807, 2.05) is 4.90 Å². The van der Waals surface area contributed by atoms with Crippen molar-refractivity contribution in [1.29, 1.82) is 0 Å². The molecule has 0 unspecified atom stereocenters. The van der Waals surface area contributed by atoms with E-state index in [2.05, 4.69) is 9.97 Å². The predicted octanol–water partition coefficient (Wildman–Crippen LogP) is 4.90. The molecule has 2 aliphatic rings. The van der Waals surface area contributed by atoms with E-state index in [4.69, 9.17) is 15.5 Å². The van der Waals surface area contributed by atoms with Gasteiger partial charge in [-0.2, -0.15) is 13.2 Å². The lowest BCUT2D eigenvalue weighted by molar-refractivity contribution is -0.137. The molecule has 1 aliphatic heterocycles. The maximum absolute atomic E-state index is 13.8. The van der Waals surface area contributed by atoms with Crippen LogP contribution in [0, 0.1) is 5.82 Å². The minimum atomic E-state index is -4.63. The molecule has 34 heavy (non-hydrogen) atoms. The van der Waals surface area contributed by atoms with Crippen LogP contribution in [0.15, 0.2) is 47.5 Å². The molecule has 11 heteroatoms. The van der Waals surface area contributed by atoms with Crippen LogP contribution >= 0.6 is 11.8 Å². The topological polar surface area (TPSA) is 77.2 Å². The average Bonchev–Trinajstić information content (AvgIpc) is 3.61. The fraction of sp³-hybridized carbons (Fsp3) is 0.348. The van der Waals surface area contributed by atoms with Crippen LogP contribution < -0.4 is 10.6 Å². The van der Waals surface area contributed by atoms with E-state index in [1.165, 1.54) is 23.9 Å². The quantitative estimate of drug-likeness (QED) is 0.509. The third-order valence-electron chi connectivity index (χ3n) is 5.81. The highest BCUT2D eigenvalue weighted by atomic mass is 32.2. The Morgan fingerprint density at radius 1 is 1.03 bits per heavy atom. The van der Waals surface area contributed by atoms with Crippen LogP contribution in [0.5, 0.6) is 0 Å². The van der Waals surface area contributed by atoms with Gasteiger partial charge in [0.1, 0.15) is 11.6 Å². The molecule has 5 rings (SSSR count). The van der Waals surface area contributed by atoms with Crippen molar-refractivity contribution >= 4 is 23.5 Å². The third kappa shape index (κ3) is 4.67. The van der Waals surface area contributed by atoms with Crippen molar-refractivity contribution in [1.82, 2.24) is 15.0 Å². The maximum Gasteiger partial charge on any atom is 0.417 e. The number of nitrogens with zero attached hydrogens (tertiary/aromatic N) is 4. The summed E-state index contributed by atoms with van der Waals surface area (Å²) in [6.07, 6.45) is -1.93. The van der Waals surface area contributed by atoms with E-state index in [-0.39, 0.29) is 22.9 Å². The summed E-state index contributed by atoms with van der Waals surface area (Å²) in [7, 11) is 0. The van der Waals surface area contributed by atoms with Crippen LogP contribution in [0.4, 0.5) is 29.3 Å². The fourth-order valence-electron chi connectivity index (χ4n) is 3.87. The molecule has 2 aromatic heterocycles. The zero-order chi connectivity index (χ0) is 23.9. The van der Waals surface area contributed by atoms with Crippen molar-refractivity contribution < 1.29 is 22.3 Å². The number of anilines is 2. The molecule has 0 spiro atoms. The van der Waals surface area contributed by atoms with Crippen molar-refractivity contribution in [2.24, 2.45) is 0 Å². The highest BCUT2D eigenvalue weighted by Gasteiger charge is 2.48. The van der Waals surface area contributed by atoms with Crippen LogP contribution in [0.3, 0.4) is 0 Å². The number of halogens is 4. The van der Waals surface area contributed by atoms with Gasteiger partial charge in [0.05, 0.1) is 34.9 Å². The summed E-state index contributed by atoms with van der Waals surface area (Å²) in [6.45, 7) is 2.03. The number of hydrogen-bond donors (Lipinski definition) is 1. The summed E-state index contributed by atoms with van der Waals surface area (Å²) in [5.41, 5.74) is 5.29. The van der Waals surface area contributed by atoms with Crippen LogP contribution in [0.25, 0.3) is 11.3 Å². The fourth-order valence-corrected chi connectivity index (χ4v) is 5.11. The lowest BCUT2D eigenvalue weighted by atomic mass is 10.0. The summed E-state index contributed by atoms with van der Waals surface area (Å²) < 4.78 is 59.9. The Hall–Kier alpha value is -2.92. The van der Waals surface area contributed by atoms with E-state index < -0.39 is 16.5 Å². The number of pyridine rings is 1. The lowest BCUT2D eigenvalue weighted by Crippen LogP contribution is -2.37. The molecule has 0 amide bonds. The third-order valence-corrected chi connectivity index (χ3v) is 7.33. The van der Waals surface area contributed by atoms with Gasteiger partial charge in [-0.25, -0.2) is 19.3 Å². The number of ether oxygens (including phenoxy) is 1. The van der Waals surface area contributed by atoms with E-state index in [0.29, 0.717) is 37.9 Å². The van der Waals surface area contributed by atoms with Crippen LogP contribution in [-0.4, -0.2) is 41.3 Å². The Bertz CT molecular complexity index is 1190. The second kappa shape index (κ2) is 8.70. The van der Waals surface area contributed by atoms with Crippen molar-refractivity contribution in [2.45, 2.75) is 28.7 Å². The molecule has 178 valence electrons. The lowest BCUT2D eigenvalue weighted by Gasteiger charge is -2.28. The van der Waals surface area contributed by atoms with Crippen LogP contribution in [-0.2, 0) is 15.7 Å². The largest absolute Gasteiger partial charge is 0.417 e. The number of morpholine rings is 1. The summed E-state index contributed by atoms with van der Waals surface area (Å²) in [5, 5.41) is 0. The number of nitrogen functional groups attached to an aromatic ring is 1. The molecule has 3 heterocycles. The maximum atomic E-state index is 13.8. The summed E-state index contributed by atoms with van der Waals surface area (Å²) in [6, 6.07) is 8.59. The van der Waals surface area contributed by atoms with Gasteiger partial charge < -0.3 is 15.4 Å². The number of nitrogens with two attached hydrogens (primary N) is 1. The minimum Gasteiger partial charge on any atom is -0.384 e. The van der Waals surface area contributed by atoms with Crippen molar-refractivity contribution in [3.63, 3.8) is 0 Å². The summed E-state index contributed by atoms with van der Waals surface area (Å²) in [5.74, 6) is -0.195. The first-order valence-electron chi connectivity index (χ1n) is 10.7. The molecule has 1 saturated carbocycles. The average molecular weight is 492 g/mol. The van der Waals surface area contributed by atoms with Crippen LogP contribution in [0.1, 0.15) is 24.1 Å². The Balaban J connectivity index is 1.61. The Morgan fingerprint density at radius 2 is 1.74 bits per heavy atom. The SMILES string of the molecule is Nc1cc(C(F)(F)F)c(-c2cc(C3(Sc4ccc(F)cc4)CC3)nc(N3CCOCC3)n2)cn1. The molecule has 6 nitrogen and oxygen atoms in total. The smallest absolute Gasteiger partial charge is 0.384 e. The first-order chi connectivity index (χ1) is 16.2. The molecule has 3 aromatic rings. The molecule has 2 N–H and O–H groups in total. The zero-order valence-corrected chi connectivity index (χ0v) is 18.8. The van der Waals surface area contributed by atoms with Crippen LogP contribution in [0.2, 0.25) is 0 Å². The number of aromatic nitrogens is 3. The minimum absolute atomic E-state index is 0.136. The van der Waals surface area contributed by atoms with Gasteiger partial charge in [0, 0.05) is 29.7 Å². The first-order valence-corrected chi connectivity index (χ1v) is 11.6. The molecular formula is C23H21F4N5OS. The molecule has 1 aliphatic carbocycles. The van der Waals surface area contributed by atoms with Gasteiger partial charge in [-0.1, -0.05) is 0 Å². The van der Waals surface area contributed by atoms with Gasteiger partial charge in [-0.15, -0.1) is 11.8 Å². The van der Waals surface area contributed by atoms with Gasteiger partial charge >= 0.3 is 6.18 Å². The van der Waals surface area contributed by atoms with Crippen molar-refractivity contribution in [3.8, 4) is 11.3 Å². The van der Waals surface area contributed by atoms with E-state index in [0.717, 1.165) is 30.0 Å². The standard InChI is InChI=1S/C23H21F4N5OS/c24-14-1-3-15(4-2-14)34-22(5-6-22)19-12-18(30-21(31-19)32-7-9-33-10-8-32)16-13-29-20(28)11-17(16)23(25,26)27/h1-4,11-13H,5-10H2,(H2,28,29). The molecule has 1 saturated heterocycles. The number of benzene rings is 1. The zero-order valence-electron chi connectivity index (χ0n) is 18.0. The van der Waals surface area contributed by atoms with Gasteiger partial charge in [0.2, 0.25) is 5.95 Å². The second-order valence-electron chi connectivity index (χ2n) is 8.24. The Kier molecular flexibility index (Phi) is 5.85.